The average molecular weight is 335 g/mol. The smallest absolute Gasteiger partial charge is 0.261 e. The first kappa shape index (κ1) is 17.1. The van der Waals surface area contributed by atoms with Gasteiger partial charge in [0, 0.05) is 6.04 Å². The number of nitrogens with zero attached hydrogens (tertiary/aromatic N) is 1. The Morgan fingerprint density at radius 3 is 2.39 bits per heavy atom. The molecule has 1 aromatic heterocycles. The van der Waals surface area contributed by atoms with Gasteiger partial charge in [-0.1, -0.05) is 6.92 Å². The zero-order chi connectivity index (χ0) is 16.9. The number of benzene rings is 1. The second-order valence-corrected chi connectivity index (χ2v) is 6.85. The fourth-order valence-electron chi connectivity index (χ4n) is 1.86. The molecule has 124 valence electrons. The van der Waals surface area contributed by atoms with E-state index in [1.165, 1.54) is 25.4 Å². The van der Waals surface area contributed by atoms with Crippen LogP contribution >= 0.6 is 0 Å². The maximum absolute atomic E-state index is 12.3. The molecule has 0 bridgehead atoms. The Labute approximate surface area is 137 Å². The number of pyridine rings is 1. The summed E-state index contributed by atoms with van der Waals surface area (Å²) in [6.45, 7) is 4.14. The number of methoxy groups -OCH3 is 1. The first-order valence-electron chi connectivity index (χ1n) is 7.34. The van der Waals surface area contributed by atoms with Gasteiger partial charge < -0.3 is 10.1 Å². The minimum atomic E-state index is -3.64. The second kappa shape index (κ2) is 7.32. The first-order chi connectivity index (χ1) is 10.9. The third kappa shape index (κ3) is 4.59. The Morgan fingerprint density at radius 2 is 1.87 bits per heavy atom. The summed E-state index contributed by atoms with van der Waals surface area (Å²) < 4.78 is 32.2. The molecule has 0 saturated heterocycles. The minimum Gasteiger partial charge on any atom is -0.497 e. The van der Waals surface area contributed by atoms with Crippen LogP contribution in [0.3, 0.4) is 0 Å². The summed E-state index contributed by atoms with van der Waals surface area (Å²) in [5, 5.41) is 3.22. The van der Waals surface area contributed by atoms with Gasteiger partial charge in [-0.15, -0.1) is 0 Å². The number of ether oxygens (including phenoxy) is 1. The van der Waals surface area contributed by atoms with Gasteiger partial charge in [0.2, 0.25) is 0 Å². The Morgan fingerprint density at radius 1 is 1.17 bits per heavy atom. The van der Waals surface area contributed by atoms with Crippen LogP contribution in [0.25, 0.3) is 0 Å². The summed E-state index contributed by atoms with van der Waals surface area (Å²) in [4.78, 5) is 4.38. The SMILES string of the molecule is CCC(C)Nc1ccc(NS(=O)(=O)c2ccc(OC)cc2)cn1. The third-order valence-corrected chi connectivity index (χ3v) is 4.79. The molecule has 0 aliphatic heterocycles. The second-order valence-electron chi connectivity index (χ2n) is 5.17. The summed E-state index contributed by atoms with van der Waals surface area (Å²) in [5.41, 5.74) is 0.413. The molecule has 1 atom stereocenters. The predicted molar refractivity (Wildman–Crippen MR) is 91.4 cm³/mol. The Balaban J connectivity index is 2.10. The van der Waals surface area contributed by atoms with Crippen molar-refractivity contribution < 1.29 is 13.2 Å². The molecule has 0 aliphatic carbocycles. The summed E-state index contributed by atoms with van der Waals surface area (Å²) >= 11 is 0. The van der Waals surface area contributed by atoms with Crippen molar-refractivity contribution in [1.82, 2.24) is 4.98 Å². The maximum Gasteiger partial charge on any atom is 0.261 e. The number of hydrogen-bond donors (Lipinski definition) is 2. The van der Waals surface area contributed by atoms with E-state index in [-0.39, 0.29) is 4.90 Å². The van der Waals surface area contributed by atoms with Crippen LogP contribution in [0.4, 0.5) is 11.5 Å². The zero-order valence-electron chi connectivity index (χ0n) is 13.4. The molecule has 0 radical (unpaired) electrons. The van der Waals surface area contributed by atoms with Crippen LogP contribution in [-0.4, -0.2) is 26.6 Å². The highest BCUT2D eigenvalue weighted by molar-refractivity contribution is 7.92. The van der Waals surface area contributed by atoms with Crippen LogP contribution in [0.1, 0.15) is 20.3 Å². The third-order valence-electron chi connectivity index (χ3n) is 3.39. The van der Waals surface area contributed by atoms with Gasteiger partial charge in [-0.2, -0.15) is 0 Å². The van der Waals surface area contributed by atoms with E-state index in [4.69, 9.17) is 4.74 Å². The quantitative estimate of drug-likeness (QED) is 0.813. The van der Waals surface area contributed by atoms with E-state index >= 15 is 0 Å². The number of aromatic nitrogens is 1. The molecule has 0 fully saturated rings. The van der Waals surface area contributed by atoms with E-state index in [0.29, 0.717) is 23.3 Å². The molecule has 0 spiro atoms. The molecule has 2 rings (SSSR count). The van der Waals surface area contributed by atoms with Crippen molar-refractivity contribution >= 4 is 21.5 Å². The Bertz CT molecular complexity index is 728. The van der Waals surface area contributed by atoms with Crippen LogP contribution in [0.5, 0.6) is 5.75 Å². The summed E-state index contributed by atoms with van der Waals surface area (Å²) in [5.74, 6) is 1.32. The molecule has 0 aliphatic rings. The molecule has 2 aromatic rings. The normalized spacial score (nSPS) is 12.5. The van der Waals surface area contributed by atoms with Gasteiger partial charge in [-0.3, -0.25) is 4.72 Å². The predicted octanol–water partition coefficient (Wildman–Crippen LogP) is 3.10. The van der Waals surface area contributed by atoms with Crippen molar-refractivity contribution in [3.63, 3.8) is 0 Å². The summed E-state index contributed by atoms with van der Waals surface area (Å²) in [6, 6.07) is 9.93. The van der Waals surface area contributed by atoms with Crippen LogP contribution in [-0.2, 0) is 10.0 Å². The summed E-state index contributed by atoms with van der Waals surface area (Å²) in [6.07, 6.45) is 2.47. The van der Waals surface area contributed by atoms with E-state index in [1.54, 1.807) is 24.3 Å². The lowest BCUT2D eigenvalue weighted by molar-refractivity contribution is 0.414. The standard InChI is InChI=1S/C16H21N3O3S/c1-4-12(2)18-16-10-5-13(11-17-16)19-23(20,21)15-8-6-14(22-3)7-9-15/h5-12,19H,4H2,1-3H3,(H,17,18). The highest BCUT2D eigenvalue weighted by Gasteiger charge is 2.14. The van der Waals surface area contributed by atoms with Gasteiger partial charge in [-0.05, 0) is 49.7 Å². The topological polar surface area (TPSA) is 80.3 Å². The van der Waals surface area contributed by atoms with Gasteiger partial charge in [0.05, 0.1) is 23.9 Å². The van der Waals surface area contributed by atoms with Gasteiger partial charge in [0.25, 0.3) is 10.0 Å². The van der Waals surface area contributed by atoms with Gasteiger partial charge in [0.1, 0.15) is 11.6 Å². The Hall–Kier alpha value is -2.28. The molecule has 1 heterocycles. The van der Waals surface area contributed by atoms with E-state index < -0.39 is 10.0 Å². The molecule has 23 heavy (non-hydrogen) atoms. The van der Waals surface area contributed by atoms with Crippen LogP contribution < -0.4 is 14.8 Å². The fourth-order valence-corrected chi connectivity index (χ4v) is 2.91. The molecular weight excluding hydrogens is 314 g/mol. The van der Waals surface area contributed by atoms with Crippen molar-refractivity contribution in [2.75, 3.05) is 17.1 Å². The van der Waals surface area contributed by atoms with E-state index in [9.17, 15) is 8.42 Å². The highest BCUT2D eigenvalue weighted by Crippen LogP contribution is 2.19. The lowest BCUT2D eigenvalue weighted by Crippen LogP contribution is -2.15. The monoisotopic (exact) mass is 335 g/mol. The van der Waals surface area contributed by atoms with E-state index in [2.05, 4.69) is 28.9 Å². The highest BCUT2D eigenvalue weighted by atomic mass is 32.2. The molecule has 0 saturated carbocycles. The molecule has 0 amide bonds. The van der Waals surface area contributed by atoms with E-state index in [1.807, 2.05) is 0 Å². The lowest BCUT2D eigenvalue weighted by Gasteiger charge is -2.13. The van der Waals surface area contributed by atoms with Crippen LogP contribution in [0.2, 0.25) is 0 Å². The lowest BCUT2D eigenvalue weighted by atomic mass is 10.2. The molecular formula is C16H21N3O3S. The Kier molecular flexibility index (Phi) is 5.44. The van der Waals surface area contributed by atoms with Crippen LogP contribution in [0, 0.1) is 0 Å². The van der Waals surface area contributed by atoms with E-state index in [0.717, 1.165) is 6.42 Å². The molecule has 6 nitrogen and oxygen atoms in total. The van der Waals surface area contributed by atoms with Crippen molar-refractivity contribution in [2.24, 2.45) is 0 Å². The zero-order valence-corrected chi connectivity index (χ0v) is 14.2. The van der Waals surface area contributed by atoms with Gasteiger partial charge in [0.15, 0.2) is 0 Å². The molecule has 7 heteroatoms. The number of hydrogen-bond acceptors (Lipinski definition) is 5. The summed E-state index contributed by atoms with van der Waals surface area (Å²) in [7, 11) is -2.11. The van der Waals surface area contributed by atoms with Crippen molar-refractivity contribution in [1.29, 1.82) is 0 Å². The van der Waals surface area contributed by atoms with Gasteiger partial charge >= 0.3 is 0 Å². The maximum atomic E-state index is 12.3. The first-order valence-corrected chi connectivity index (χ1v) is 8.82. The average Bonchev–Trinajstić information content (AvgIpc) is 2.56. The van der Waals surface area contributed by atoms with Crippen molar-refractivity contribution in [3.8, 4) is 5.75 Å². The number of rotatable bonds is 7. The number of nitrogens with one attached hydrogen (secondary N) is 2. The number of sulfonamides is 1. The van der Waals surface area contributed by atoms with Gasteiger partial charge in [-0.25, -0.2) is 13.4 Å². The van der Waals surface area contributed by atoms with Crippen LogP contribution in [0.15, 0.2) is 47.5 Å². The number of anilines is 2. The fraction of sp³-hybridized carbons (Fsp3) is 0.312. The largest absolute Gasteiger partial charge is 0.497 e. The minimum absolute atomic E-state index is 0.167. The molecule has 1 unspecified atom stereocenters. The molecule has 1 aromatic carbocycles. The van der Waals surface area contributed by atoms with Crippen molar-refractivity contribution in [3.05, 3.63) is 42.6 Å². The van der Waals surface area contributed by atoms with Crippen molar-refractivity contribution in [2.45, 2.75) is 31.2 Å². The molecule has 2 N–H and O–H groups in total.